The van der Waals surface area contributed by atoms with Crippen molar-refractivity contribution in [3.05, 3.63) is 34.3 Å². The Morgan fingerprint density at radius 1 is 1.10 bits per heavy atom. The van der Waals surface area contributed by atoms with Gasteiger partial charge in [0.05, 0.1) is 5.75 Å². The third kappa shape index (κ3) is 7.27. The van der Waals surface area contributed by atoms with E-state index in [1.165, 1.54) is 32.2 Å². The Kier molecular flexibility index (Phi) is 9.37. The number of rotatable bonds is 9. The fourth-order valence-electron chi connectivity index (χ4n) is 4.73. The normalized spacial score (nSPS) is 21.8. The Bertz CT molecular complexity index is 808. The third-order valence-corrected chi connectivity index (χ3v) is 9.00. The van der Waals surface area contributed by atoms with Crippen LogP contribution < -0.4 is 5.32 Å². The van der Waals surface area contributed by atoms with E-state index in [0.717, 1.165) is 23.0 Å². The van der Waals surface area contributed by atoms with Gasteiger partial charge in [0.15, 0.2) is 0 Å². The van der Waals surface area contributed by atoms with Crippen molar-refractivity contribution in [1.29, 1.82) is 0 Å². The predicted molar refractivity (Wildman–Crippen MR) is 128 cm³/mol. The highest BCUT2D eigenvalue weighted by molar-refractivity contribution is 9.10. The van der Waals surface area contributed by atoms with Crippen LogP contribution in [0.4, 0.5) is 0 Å². The maximum Gasteiger partial charge on any atom is 0.223 e. The molecule has 6 nitrogen and oxygen atoms in total. The topological polar surface area (TPSA) is 69.7 Å². The molecular formula is C23H36BrN3O3S. The SMILES string of the molecule is CC[C@H]1CCCCN1CCCNC(=O)C1CCN(S(=O)(=O)Cc2ccc(Br)cc2)CC1. The van der Waals surface area contributed by atoms with Crippen LogP contribution in [0.1, 0.15) is 57.4 Å². The van der Waals surface area contributed by atoms with Crippen molar-refractivity contribution < 1.29 is 13.2 Å². The van der Waals surface area contributed by atoms with Crippen molar-refractivity contribution in [3.8, 4) is 0 Å². The largest absolute Gasteiger partial charge is 0.356 e. The van der Waals surface area contributed by atoms with Gasteiger partial charge >= 0.3 is 0 Å². The van der Waals surface area contributed by atoms with E-state index < -0.39 is 10.0 Å². The van der Waals surface area contributed by atoms with Crippen LogP contribution in [0, 0.1) is 5.92 Å². The van der Waals surface area contributed by atoms with E-state index in [1.807, 2.05) is 24.3 Å². The van der Waals surface area contributed by atoms with Gasteiger partial charge < -0.3 is 10.2 Å². The molecule has 0 aromatic heterocycles. The summed E-state index contributed by atoms with van der Waals surface area (Å²) in [5.41, 5.74) is 0.780. The van der Waals surface area contributed by atoms with Crippen LogP contribution in [0.5, 0.6) is 0 Å². The highest BCUT2D eigenvalue weighted by Gasteiger charge is 2.31. The Hall–Kier alpha value is -0.960. The Labute approximate surface area is 195 Å². The molecule has 2 heterocycles. The second-order valence-corrected chi connectivity index (χ2v) is 11.7. The molecular weight excluding hydrogens is 478 g/mol. The molecule has 1 atom stereocenters. The molecule has 1 aromatic carbocycles. The molecule has 0 spiro atoms. The van der Waals surface area contributed by atoms with E-state index in [0.29, 0.717) is 38.5 Å². The van der Waals surface area contributed by atoms with Gasteiger partial charge in [0.1, 0.15) is 0 Å². The summed E-state index contributed by atoms with van der Waals surface area (Å²) < 4.78 is 27.9. The maximum absolute atomic E-state index is 12.7. The van der Waals surface area contributed by atoms with Crippen molar-refractivity contribution in [3.63, 3.8) is 0 Å². The van der Waals surface area contributed by atoms with E-state index in [-0.39, 0.29) is 17.6 Å². The number of sulfonamides is 1. The zero-order valence-corrected chi connectivity index (χ0v) is 21.0. The number of benzene rings is 1. The van der Waals surface area contributed by atoms with Crippen molar-refractivity contribution in [2.45, 2.75) is 63.7 Å². The highest BCUT2D eigenvalue weighted by atomic mass is 79.9. The number of amides is 1. The molecule has 1 aromatic rings. The van der Waals surface area contributed by atoms with Gasteiger partial charge in [-0.05, 0) is 62.8 Å². The van der Waals surface area contributed by atoms with Gasteiger partial charge in [-0.1, -0.05) is 41.4 Å². The molecule has 0 bridgehead atoms. The van der Waals surface area contributed by atoms with Crippen molar-refractivity contribution in [1.82, 2.24) is 14.5 Å². The molecule has 0 unspecified atom stereocenters. The minimum absolute atomic E-state index is 0.00635. The Morgan fingerprint density at radius 2 is 1.81 bits per heavy atom. The fourth-order valence-corrected chi connectivity index (χ4v) is 6.56. The number of nitrogens with one attached hydrogen (secondary N) is 1. The van der Waals surface area contributed by atoms with Crippen LogP contribution in [0.2, 0.25) is 0 Å². The lowest BCUT2D eigenvalue weighted by Gasteiger charge is -2.35. The summed E-state index contributed by atoms with van der Waals surface area (Å²) in [7, 11) is -3.36. The van der Waals surface area contributed by atoms with Gasteiger partial charge in [0, 0.05) is 42.6 Å². The summed E-state index contributed by atoms with van der Waals surface area (Å²) in [6.45, 7) is 6.03. The molecule has 0 aliphatic carbocycles. The molecule has 2 fully saturated rings. The summed E-state index contributed by atoms with van der Waals surface area (Å²) >= 11 is 3.37. The number of likely N-dealkylation sites (tertiary alicyclic amines) is 1. The van der Waals surface area contributed by atoms with Gasteiger partial charge in [0.2, 0.25) is 15.9 Å². The number of hydrogen-bond donors (Lipinski definition) is 1. The molecule has 31 heavy (non-hydrogen) atoms. The maximum atomic E-state index is 12.7. The van der Waals surface area contributed by atoms with Gasteiger partial charge in [-0.25, -0.2) is 12.7 Å². The first-order valence-corrected chi connectivity index (χ1v) is 14.0. The van der Waals surface area contributed by atoms with Crippen LogP contribution in [0.25, 0.3) is 0 Å². The minimum Gasteiger partial charge on any atom is -0.356 e. The first-order chi connectivity index (χ1) is 14.9. The first kappa shape index (κ1) is 24.7. The van der Waals surface area contributed by atoms with E-state index in [4.69, 9.17) is 0 Å². The van der Waals surface area contributed by atoms with Gasteiger partial charge in [-0.15, -0.1) is 0 Å². The smallest absolute Gasteiger partial charge is 0.223 e. The minimum atomic E-state index is -3.36. The summed E-state index contributed by atoms with van der Waals surface area (Å²) in [4.78, 5) is 15.1. The zero-order chi connectivity index (χ0) is 22.3. The second-order valence-electron chi connectivity index (χ2n) is 8.79. The van der Waals surface area contributed by atoms with Crippen molar-refractivity contribution in [2.24, 2.45) is 5.92 Å². The number of carbonyl (C=O) groups excluding carboxylic acids is 1. The van der Waals surface area contributed by atoms with Gasteiger partial charge in [0.25, 0.3) is 0 Å². The molecule has 2 saturated heterocycles. The number of carbonyl (C=O) groups is 1. The number of halogens is 1. The summed E-state index contributed by atoms with van der Waals surface area (Å²) in [6, 6.07) is 8.07. The summed E-state index contributed by atoms with van der Waals surface area (Å²) in [5.74, 6) is 0.00000459. The van der Waals surface area contributed by atoms with Crippen molar-refractivity contribution >= 4 is 31.9 Å². The lowest BCUT2D eigenvalue weighted by Crippen LogP contribution is -2.44. The average Bonchev–Trinajstić information content (AvgIpc) is 2.78. The quantitative estimate of drug-likeness (QED) is 0.510. The summed E-state index contributed by atoms with van der Waals surface area (Å²) in [5, 5.41) is 3.09. The molecule has 1 N–H and O–H groups in total. The van der Waals surface area contributed by atoms with Crippen LogP contribution in [-0.4, -0.2) is 62.3 Å². The standard InChI is InChI=1S/C23H36BrN3O3S/c1-2-22-6-3-4-14-26(22)15-5-13-25-23(28)20-11-16-27(17-12-20)31(29,30)18-19-7-9-21(24)10-8-19/h7-10,20,22H,2-6,11-18H2,1H3,(H,25,28)/t22-/m0/s1. The Balaban J connectivity index is 1.37. The molecule has 0 radical (unpaired) electrons. The van der Waals surface area contributed by atoms with Crippen molar-refractivity contribution in [2.75, 3.05) is 32.7 Å². The first-order valence-electron chi connectivity index (χ1n) is 11.6. The van der Waals surface area contributed by atoms with E-state index in [9.17, 15) is 13.2 Å². The summed E-state index contributed by atoms with van der Waals surface area (Å²) in [6.07, 6.45) is 7.28. The van der Waals surface area contributed by atoms with Crippen LogP contribution in [0.3, 0.4) is 0 Å². The molecule has 174 valence electrons. The van der Waals surface area contributed by atoms with E-state index in [1.54, 1.807) is 4.31 Å². The molecule has 3 rings (SSSR count). The zero-order valence-electron chi connectivity index (χ0n) is 18.6. The highest BCUT2D eigenvalue weighted by Crippen LogP contribution is 2.23. The van der Waals surface area contributed by atoms with Gasteiger partial charge in [-0.2, -0.15) is 0 Å². The van der Waals surface area contributed by atoms with E-state index >= 15 is 0 Å². The van der Waals surface area contributed by atoms with Crippen LogP contribution in [0.15, 0.2) is 28.7 Å². The van der Waals surface area contributed by atoms with Crippen LogP contribution >= 0.6 is 15.9 Å². The lowest BCUT2D eigenvalue weighted by molar-refractivity contribution is -0.126. The predicted octanol–water partition coefficient (Wildman–Crippen LogP) is 3.76. The molecule has 8 heteroatoms. The van der Waals surface area contributed by atoms with Gasteiger partial charge in [-0.3, -0.25) is 4.79 Å². The number of nitrogens with zero attached hydrogens (tertiary/aromatic N) is 2. The molecule has 2 aliphatic rings. The molecule has 0 saturated carbocycles. The van der Waals surface area contributed by atoms with E-state index in [2.05, 4.69) is 33.1 Å². The third-order valence-electron chi connectivity index (χ3n) is 6.62. The monoisotopic (exact) mass is 513 g/mol. The van der Waals surface area contributed by atoms with Crippen LogP contribution in [-0.2, 0) is 20.6 Å². The number of piperidine rings is 2. The fraction of sp³-hybridized carbons (Fsp3) is 0.696. The molecule has 2 aliphatic heterocycles. The number of hydrogen-bond acceptors (Lipinski definition) is 4. The molecule has 1 amide bonds. The average molecular weight is 515 g/mol. The Morgan fingerprint density at radius 3 is 2.48 bits per heavy atom. The second kappa shape index (κ2) is 11.8. The lowest BCUT2D eigenvalue weighted by atomic mass is 9.97.